The first kappa shape index (κ1) is 14.5. The number of rotatable bonds is 5. The predicted octanol–water partition coefficient (Wildman–Crippen LogP) is 1.30. The maximum atomic E-state index is 11.8. The lowest BCUT2D eigenvalue weighted by Crippen LogP contribution is -2.45. The van der Waals surface area contributed by atoms with Gasteiger partial charge in [-0.25, -0.2) is 0 Å². The number of allylic oxidation sites excluding steroid dienone is 1. The molecular weight excluding hydrogens is 240 g/mol. The van der Waals surface area contributed by atoms with E-state index in [-0.39, 0.29) is 11.8 Å². The monoisotopic (exact) mass is 266 g/mol. The number of aliphatic hydroxyl groups excluding tert-OH is 1. The molecule has 2 N–H and O–H groups in total. The van der Waals surface area contributed by atoms with Crippen LogP contribution < -0.4 is 5.32 Å². The molecule has 0 aromatic rings. The van der Waals surface area contributed by atoms with Crippen LogP contribution in [0.5, 0.6) is 0 Å². The van der Waals surface area contributed by atoms with Crippen molar-refractivity contribution in [1.29, 1.82) is 0 Å². The molecule has 2 fully saturated rings. The standard InChI is InChI=1S/C15H26N2O2/c1-11(2)5-8-17-9-6-12(7-10-17)14(18)15(19)16-13-3-4-13/h5,12-14,18H,3-4,6-10H2,1-2H3,(H,16,19)/t14-/m0/s1. The summed E-state index contributed by atoms with van der Waals surface area (Å²) in [4.78, 5) is 14.2. The number of amides is 1. The van der Waals surface area contributed by atoms with E-state index in [0.717, 1.165) is 45.3 Å². The van der Waals surface area contributed by atoms with Crippen molar-refractivity contribution in [2.75, 3.05) is 19.6 Å². The largest absolute Gasteiger partial charge is 0.383 e. The number of hydrogen-bond donors (Lipinski definition) is 2. The Morgan fingerprint density at radius 1 is 1.32 bits per heavy atom. The minimum Gasteiger partial charge on any atom is -0.383 e. The van der Waals surface area contributed by atoms with Gasteiger partial charge in [0, 0.05) is 12.6 Å². The Morgan fingerprint density at radius 3 is 2.47 bits per heavy atom. The van der Waals surface area contributed by atoms with Gasteiger partial charge in [-0.1, -0.05) is 11.6 Å². The summed E-state index contributed by atoms with van der Waals surface area (Å²) in [6, 6.07) is 0.333. The fourth-order valence-corrected chi connectivity index (χ4v) is 2.49. The van der Waals surface area contributed by atoms with E-state index in [2.05, 4.69) is 30.1 Å². The van der Waals surface area contributed by atoms with Gasteiger partial charge < -0.3 is 10.4 Å². The molecule has 0 unspecified atom stereocenters. The van der Waals surface area contributed by atoms with Gasteiger partial charge in [0.25, 0.3) is 0 Å². The van der Waals surface area contributed by atoms with Gasteiger partial charge in [0.2, 0.25) is 5.91 Å². The Hall–Kier alpha value is -0.870. The Kier molecular flexibility index (Phi) is 4.99. The highest BCUT2D eigenvalue weighted by Gasteiger charge is 2.32. The molecule has 0 radical (unpaired) electrons. The lowest BCUT2D eigenvalue weighted by Gasteiger charge is -2.33. The fourth-order valence-electron chi connectivity index (χ4n) is 2.49. The molecule has 0 aromatic carbocycles. The Morgan fingerprint density at radius 2 is 1.95 bits per heavy atom. The zero-order valence-electron chi connectivity index (χ0n) is 12.1. The van der Waals surface area contributed by atoms with Gasteiger partial charge in [0.05, 0.1) is 0 Å². The van der Waals surface area contributed by atoms with E-state index in [4.69, 9.17) is 0 Å². The number of aliphatic hydroxyl groups is 1. The van der Waals surface area contributed by atoms with Crippen molar-refractivity contribution in [3.63, 3.8) is 0 Å². The second-order valence-electron chi connectivity index (χ2n) is 6.15. The zero-order chi connectivity index (χ0) is 13.8. The highest BCUT2D eigenvalue weighted by Crippen LogP contribution is 2.23. The maximum Gasteiger partial charge on any atom is 0.249 e. The number of carbonyl (C=O) groups is 1. The quantitative estimate of drug-likeness (QED) is 0.738. The van der Waals surface area contributed by atoms with E-state index < -0.39 is 6.10 Å². The number of likely N-dealkylation sites (tertiary alicyclic amines) is 1. The third kappa shape index (κ3) is 4.62. The number of carbonyl (C=O) groups excluding carboxylic acids is 1. The third-order valence-electron chi connectivity index (χ3n) is 4.03. The van der Waals surface area contributed by atoms with E-state index in [9.17, 15) is 9.90 Å². The lowest BCUT2D eigenvalue weighted by atomic mass is 9.90. The molecule has 1 aliphatic carbocycles. The van der Waals surface area contributed by atoms with Crippen LogP contribution in [0.1, 0.15) is 39.5 Å². The Bertz CT molecular complexity index is 338. The van der Waals surface area contributed by atoms with Crippen molar-refractivity contribution in [2.45, 2.75) is 51.7 Å². The average molecular weight is 266 g/mol. The molecule has 1 saturated heterocycles. The molecule has 1 atom stereocenters. The van der Waals surface area contributed by atoms with Crippen molar-refractivity contribution >= 4 is 5.91 Å². The van der Waals surface area contributed by atoms with Crippen LogP contribution >= 0.6 is 0 Å². The van der Waals surface area contributed by atoms with Crippen LogP contribution in [0.2, 0.25) is 0 Å². The summed E-state index contributed by atoms with van der Waals surface area (Å²) < 4.78 is 0. The van der Waals surface area contributed by atoms with Crippen molar-refractivity contribution in [2.24, 2.45) is 5.92 Å². The van der Waals surface area contributed by atoms with Crippen molar-refractivity contribution < 1.29 is 9.90 Å². The van der Waals surface area contributed by atoms with Gasteiger partial charge >= 0.3 is 0 Å². The molecule has 0 bridgehead atoms. The zero-order valence-corrected chi connectivity index (χ0v) is 12.1. The second-order valence-corrected chi connectivity index (χ2v) is 6.15. The van der Waals surface area contributed by atoms with Gasteiger partial charge in [0.1, 0.15) is 6.10 Å². The number of piperidine rings is 1. The molecule has 4 nitrogen and oxygen atoms in total. The lowest BCUT2D eigenvalue weighted by molar-refractivity contribution is -0.133. The summed E-state index contributed by atoms with van der Waals surface area (Å²) in [6.07, 6.45) is 5.38. The molecule has 0 aromatic heterocycles. The summed E-state index contributed by atoms with van der Waals surface area (Å²) in [5, 5.41) is 13.0. The first-order valence-electron chi connectivity index (χ1n) is 7.40. The van der Waals surface area contributed by atoms with Gasteiger partial charge in [0.15, 0.2) is 0 Å². The van der Waals surface area contributed by atoms with Crippen LogP contribution in [0.15, 0.2) is 11.6 Å². The predicted molar refractivity (Wildman–Crippen MR) is 75.8 cm³/mol. The van der Waals surface area contributed by atoms with Crippen molar-refractivity contribution in [3.05, 3.63) is 11.6 Å². The SMILES string of the molecule is CC(C)=CCN1CCC([C@H](O)C(=O)NC2CC2)CC1. The Labute approximate surface area is 115 Å². The molecule has 4 heteroatoms. The summed E-state index contributed by atoms with van der Waals surface area (Å²) in [6.45, 7) is 7.15. The van der Waals surface area contributed by atoms with Crippen LogP contribution in [-0.2, 0) is 4.79 Å². The van der Waals surface area contributed by atoms with Crippen LogP contribution in [0.3, 0.4) is 0 Å². The van der Waals surface area contributed by atoms with E-state index in [0.29, 0.717) is 6.04 Å². The summed E-state index contributed by atoms with van der Waals surface area (Å²) in [5.74, 6) is -0.0352. The fraction of sp³-hybridized carbons (Fsp3) is 0.800. The Balaban J connectivity index is 1.72. The average Bonchev–Trinajstić information content (AvgIpc) is 3.20. The van der Waals surface area contributed by atoms with Gasteiger partial charge in [-0.3, -0.25) is 9.69 Å². The normalized spacial score (nSPS) is 22.9. The number of nitrogens with zero attached hydrogens (tertiary/aromatic N) is 1. The molecule has 19 heavy (non-hydrogen) atoms. The van der Waals surface area contributed by atoms with Gasteiger partial charge in [-0.15, -0.1) is 0 Å². The minimum absolute atomic E-state index is 0.127. The van der Waals surface area contributed by atoms with E-state index in [1.54, 1.807) is 0 Å². The van der Waals surface area contributed by atoms with Gasteiger partial charge in [-0.05, 0) is 58.5 Å². The summed E-state index contributed by atoms with van der Waals surface area (Å²) in [5.41, 5.74) is 1.34. The summed E-state index contributed by atoms with van der Waals surface area (Å²) >= 11 is 0. The van der Waals surface area contributed by atoms with Crippen molar-refractivity contribution in [1.82, 2.24) is 10.2 Å². The second kappa shape index (κ2) is 6.53. The molecule has 1 amide bonds. The highest BCUT2D eigenvalue weighted by atomic mass is 16.3. The summed E-state index contributed by atoms with van der Waals surface area (Å²) in [7, 11) is 0. The molecule has 108 valence electrons. The van der Waals surface area contributed by atoms with Crippen LogP contribution in [0, 0.1) is 5.92 Å². The number of hydrogen-bond acceptors (Lipinski definition) is 3. The first-order valence-corrected chi connectivity index (χ1v) is 7.40. The topological polar surface area (TPSA) is 52.6 Å². The van der Waals surface area contributed by atoms with E-state index >= 15 is 0 Å². The molecule has 2 rings (SSSR count). The highest BCUT2D eigenvalue weighted by molar-refractivity contribution is 5.81. The smallest absolute Gasteiger partial charge is 0.249 e. The minimum atomic E-state index is -0.814. The number of nitrogens with one attached hydrogen (secondary N) is 1. The van der Waals surface area contributed by atoms with E-state index in [1.807, 2.05) is 0 Å². The molecule has 1 aliphatic heterocycles. The molecule has 1 saturated carbocycles. The molecule has 2 aliphatic rings. The molecule has 0 spiro atoms. The molecule has 1 heterocycles. The van der Waals surface area contributed by atoms with Crippen LogP contribution in [0.4, 0.5) is 0 Å². The maximum absolute atomic E-state index is 11.8. The molecular formula is C15H26N2O2. The van der Waals surface area contributed by atoms with Crippen molar-refractivity contribution in [3.8, 4) is 0 Å². The van der Waals surface area contributed by atoms with E-state index in [1.165, 1.54) is 5.57 Å². The van der Waals surface area contributed by atoms with Crippen LogP contribution in [0.25, 0.3) is 0 Å². The first-order chi connectivity index (χ1) is 9.06. The van der Waals surface area contributed by atoms with Crippen LogP contribution in [-0.4, -0.2) is 47.7 Å². The third-order valence-corrected chi connectivity index (χ3v) is 4.03. The van der Waals surface area contributed by atoms with Gasteiger partial charge in [-0.2, -0.15) is 0 Å².